The summed E-state index contributed by atoms with van der Waals surface area (Å²) in [7, 11) is 0. The number of hydrogen-bond donors (Lipinski definition) is 2. The van der Waals surface area contributed by atoms with E-state index in [4.69, 9.17) is 5.73 Å². The molecule has 1 aromatic rings. The molecule has 0 saturated carbocycles. The molecular formula is C11H15NO. The van der Waals surface area contributed by atoms with Gasteiger partial charge in [-0.3, -0.25) is 0 Å². The van der Waals surface area contributed by atoms with Crippen LogP contribution in [0.3, 0.4) is 0 Å². The van der Waals surface area contributed by atoms with E-state index in [9.17, 15) is 5.11 Å². The third-order valence-corrected chi connectivity index (χ3v) is 1.91. The van der Waals surface area contributed by atoms with Crippen LogP contribution in [0.4, 0.5) is 0 Å². The van der Waals surface area contributed by atoms with Gasteiger partial charge >= 0.3 is 0 Å². The van der Waals surface area contributed by atoms with Gasteiger partial charge in [-0.1, -0.05) is 23.8 Å². The Morgan fingerprint density at radius 1 is 1.38 bits per heavy atom. The molecule has 0 bridgehead atoms. The second-order valence-corrected chi connectivity index (χ2v) is 3.16. The second-order valence-electron chi connectivity index (χ2n) is 3.16. The summed E-state index contributed by atoms with van der Waals surface area (Å²) in [4.78, 5) is 0. The van der Waals surface area contributed by atoms with Gasteiger partial charge in [-0.2, -0.15) is 0 Å². The number of hydrogen-bond acceptors (Lipinski definition) is 2. The smallest absolute Gasteiger partial charge is 0.125 e. The van der Waals surface area contributed by atoms with Gasteiger partial charge < -0.3 is 10.8 Å². The van der Waals surface area contributed by atoms with Crippen molar-refractivity contribution in [2.24, 2.45) is 5.73 Å². The molecule has 0 fully saturated rings. The largest absolute Gasteiger partial charge is 0.507 e. The lowest BCUT2D eigenvalue weighted by Gasteiger charge is -2.04. The van der Waals surface area contributed by atoms with Gasteiger partial charge in [0.1, 0.15) is 5.75 Å². The van der Waals surface area contributed by atoms with Gasteiger partial charge in [-0.15, -0.1) is 0 Å². The molecule has 2 nitrogen and oxygen atoms in total. The molecule has 0 aromatic heterocycles. The average Bonchev–Trinajstić information content (AvgIpc) is 2.09. The third kappa shape index (κ3) is 2.33. The second kappa shape index (κ2) is 4.10. The molecule has 1 aromatic carbocycles. The molecule has 70 valence electrons. The Hall–Kier alpha value is -1.28. The van der Waals surface area contributed by atoms with Crippen LogP contribution in [-0.4, -0.2) is 11.7 Å². The molecule has 0 unspecified atom stereocenters. The highest BCUT2D eigenvalue weighted by Crippen LogP contribution is 2.24. The van der Waals surface area contributed by atoms with E-state index >= 15 is 0 Å². The molecule has 3 N–H and O–H groups in total. The van der Waals surface area contributed by atoms with Crippen molar-refractivity contribution < 1.29 is 5.11 Å². The first-order chi connectivity index (χ1) is 6.15. The lowest BCUT2D eigenvalue weighted by molar-refractivity contribution is 0.469. The molecule has 0 spiro atoms. The molecule has 2 heteroatoms. The lowest BCUT2D eigenvalue weighted by atomic mass is 10.1. The van der Waals surface area contributed by atoms with Crippen molar-refractivity contribution in [1.29, 1.82) is 0 Å². The molecule has 1 rings (SSSR count). The van der Waals surface area contributed by atoms with Gasteiger partial charge in [0.15, 0.2) is 0 Å². The Labute approximate surface area is 78.7 Å². The first kappa shape index (κ1) is 9.81. The van der Waals surface area contributed by atoms with E-state index in [1.54, 1.807) is 0 Å². The molecule has 0 amide bonds. The van der Waals surface area contributed by atoms with Crippen molar-refractivity contribution in [3.05, 3.63) is 34.9 Å². The van der Waals surface area contributed by atoms with Crippen molar-refractivity contribution in [1.82, 2.24) is 0 Å². The monoisotopic (exact) mass is 177 g/mol. The maximum Gasteiger partial charge on any atom is 0.125 e. The number of benzene rings is 1. The van der Waals surface area contributed by atoms with Crippen LogP contribution < -0.4 is 5.73 Å². The summed E-state index contributed by atoms with van der Waals surface area (Å²) >= 11 is 0. The van der Waals surface area contributed by atoms with Crippen LogP contribution in [0.2, 0.25) is 0 Å². The standard InChI is InChI=1S/C11H15NO/c1-8-6-9(2)11(13)10(7-8)4-3-5-12/h3-4,6-7,13H,5,12H2,1-2H3/b4-3+. The Kier molecular flexibility index (Phi) is 3.09. The highest BCUT2D eigenvalue weighted by Gasteiger charge is 2.01. The molecule has 0 radical (unpaired) electrons. The van der Waals surface area contributed by atoms with E-state index < -0.39 is 0 Å². The predicted molar refractivity (Wildman–Crippen MR) is 55.7 cm³/mol. The number of nitrogens with two attached hydrogens (primary N) is 1. The fourth-order valence-electron chi connectivity index (χ4n) is 1.31. The minimum absolute atomic E-state index is 0.343. The molecule has 0 atom stereocenters. The average molecular weight is 177 g/mol. The van der Waals surface area contributed by atoms with Gasteiger partial charge in [-0.05, 0) is 25.5 Å². The van der Waals surface area contributed by atoms with Crippen molar-refractivity contribution in [3.63, 3.8) is 0 Å². The Bertz CT molecular complexity index is 329. The van der Waals surface area contributed by atoms with Crippen molar-refractivity contribution in [3.8, 4) is 5.75 Å². The minimum Gasteiger partial charge on any atom is -0.507 e. The number of aromatic hydroxyl groups is 1. The summed E-state index contributed by atoms with van der Waals surface area (Å²) in [5, 5.41) is 9.66. The predicted octanol–water partition coefficient (Wildman–Crippen LogP) is 1.98. The quantitative estimate of drug-likeness (QED) is 0.725. The fraction of sp³-hybridized carbons (Fsp3) is 0.273. The molecule has 13 heavy (non-hydrogen) atoms. The van der Waals surface area contributed by atoms with Crippen molar-refractivity contribution >= 4 is 6.08 Å². The van der Waals surface area contributed by atoms with E-state index in [1.165, 1.54) is 0 Å². The first-order valence-electron chi connectivity index (χ1n) is 4.32. The SMILES string of the molecule is Cc1cc(C)c(O)c(/C=C/CN)c1. The number of rotatable bonds is 2. The van der Waals surface area contributed by atoms with Crippen LogP contribution >= 0.6 is 0 Å². The van der Waals surface area contributed by atoms with Crippen LogP contribution in [0.15, 0.2) is 18.2 Å². The highest BCUT2D eigenvalue weighted by atomic mass is 16.3. The Balaban J connectivity index is 3.12. The third-order valence-electron chi connectivity index (χ3n) is 1.91. The van der Waals surface area contributed by atoms with Gasteiger partial charge in [0.2, 0.25) is 0 Å². The van der Waals surface area contributed by atoms with E-state index in [1.807, 2.05) is 38.1 Å². The van der Waals surface area contributed by atoms with Gasteiger partial charge in [0.05, 0.1) is 0 Å². The van der Waals surface area contributed by atoms with Crippen molar-refractivity contribution in [2.75, 3.05) is 6.54 Å². The topological polar surface area (TPSA) is 46.2 Å². The zero-order valence-electron chi connectivity index (χ0n) is 8.04. The molecule has 0 aliphatic rings. The van der Waals surface area contributed by atoms with Crippen LogP contribution in [0.1, 0.15) is 16.7 Å². The summed E-state index contributed by atoms with van der Waals surface area (Å²) in [6.07, 6.45) is 3.67. The molecule has 0 heterocycles. The normalized spacial score (nSPS) is 11.0. The molecule has 0 aliphatic carbocycles. The summed E-state index contributed by atoms with van der Waals surface area (Å²) in [6.45, 7) is 4.39. The lowest BCUT2D eigenvalue weighted by Crippen LogP contribution is -1.92. The zero-order chi connectivity index (χ0) is 9.84. The fourth-order valence-corrected chi connectivity index (χ4v) is 1.31. The van der Waals surface area contributed by atoms with Crippen LogP contribution in [0.5, 0.6) is 5.75 Å². The molecule has 0 saturated heterocycles. The van der Waals surface area contributed by atoms with Gasteiger partial charge in [-0.25, -0.2) is 0 Å². The number of phenolic OH excluding ortho intramolecular Hbond substituents is 1. The maximum absolute atomic E-state index is 9.66. The van der Waals surface area contributed by atoms with Gasteiger partial charge in [0, 0.05) is 12.1 Å². The number of aryl methyl sites for hydroxylation is 2. The Morgan fingerprint density at radius 3 is 2.69 bits per heavy atom. The summed E-state index contributed by atoms with van der Waals surface area (Å²) in [6, 6.07) is 3.89. The minimum atomic E-state index is 0.343. The summed E-state index contributed by atoms with van der Waals surface area (Å²) in [5.74, 6) is 0.343. The Morgan fingerprint density at radius 2 is 2.08 bits per heavy atom. The van der Waals surface area contributed by atoms with Crippen LogP contribution in [-0.2, 0) is 0 Å². The molecule has 0 aliphatic heterocycles. The van der Waals surface area contributed by atoms with Crippen LogP contribution in [0.25, 0.3) is 6.08 Å². The number of phenols is 1. The van der Waals surface area contributed by atoms with E-state index in [2.05, 4.69) is 0 Å². The summed E-state index contributed by atoms with van der Waals surface area (Å²) in [5.41, 5.74) is 8.22. The first-order valence-corrected chi connectivity index (χ1v) is 4.32. The highest BCUT2D eigenvalue weighted by molar-refractivity contribution is 5.60. The summed E-state index contributed by atoms with van der Waals surface area (Å²) < 4.78 is 0. The van der Waals surface area contributed by atoms with E-state index in [0.29, 0.717) is 12.3 Å². The van der Waals surface area contributed by atoms with Gasteiger partial charge in [0.25, 0.3) is 0 Å². The van der Waals surface area contributed by atoms with Crippen LogP contribution in [0, 0.1) is 13.8 Å². The molecular weight excluding hydrogens is 162 g/mol. The van der Waals surface area contributed by atoms with E-state index in [0.717, 1.165) is 16.7 Å². The van der Waals surface area contributed by atoms with E-state index in [-0.39, 0.29) is 0 Å². The van der Waals surface area contributed by atoms with Crippen molar-refractivity contribution in [2.45, 2.75) is 13.8 Å². The maximum atomic E-state index is 9.66. The zero-order valence-corrected chi connectivity index (χ0v) is 8.04.